The Balaban J connectivity index is 0.00000256. The molecule has 1 unspecified atom stereocenters. The standard InChI is InChI=1S/C9H13N3O3S.ClH/c1-3-9(8(10)13,16(2,14)15)7-4-11-6-12-5-7;/h4-6H,3H2,1-2H3,(H2,10,13);1H. The van der Waals surface area contributed by atoms with Crippen LogP contribution in [0.3, 0.4) is 0 Å². The summed E-state index contributed by atoms with van der Waals surface area (Å²) in [5.41, 5.74) is 5.43. The number of rotatable bonds is 4. The number of halogens is 1. The third kappa shape index (κ3) is 2.55. The van der Waals surface area contributed by atoms with E-state index in [0.717, 1.165) is 6.26 Å². The summed E-state index contributed by atoms with van der Waals surface area (Å²) in [7, 11) is -3.68. The van der Waals surface area contributed by atoms with E-state index in [1.165, 1.54) is 18.7 Å². The lowest BCUT2D eigenvalue weighted by Gasteiger charge is -2.26. The Morgan fingerprint density at radius 2 is 1.88 bits per heavy atom. The van der Waals surface area contributed by atoms with Crippen LogP contribution in [-0.4, -0.2) is 30.5 Å². The Bertz CT molecular complexity index is 491. The molecule has 0 radical (unpaired) electrons. The lowest BCUT2D eigenvalue weighted by atomic mass is 9.97. The molecule has 1 aromatic heterocycles. The van der Waals surface area contributed by atoms with E-state index in [9.17, 15) is 13.2 Å². The van der Waals surface area contributed by atoms with Crippen LogP contribution in [0.5, 0.6) is 0 Å². The molecule has 0 fully saturated rings. The predicted octanol–water partition coefficient (Wildman–Crippen LogP) is 0.0336. The number of aromatic nitrogens is 2. The van der Waals surface area contributed by atoms with Crippen molar-refractivity contribution < 1.29 is 13.2 Å². The number of nitrogens with two attached hydrogens (primary N) is 1. The van der Waals surface area contributed by atoms with Gasteiger partial charge in [0.25, 0.3) is 0 Å². The van der Waals surface area contributed by atoms with Gasteiger partial charge in [-0.25, -0.2) is 18.4 Å². The molecule has 0 aliphatic heterocycles. The molecule has 0 aromatic carbocycles. The van der Waals surface area contributed by atoms with E-state index in [0.29, 0.717) is 0 Å². The van der Waals surface area contributed by atoms with Gasteiger partial charge >= 0.3 is 0 Å². The molecule has 17 heavy (non-hydrogen) atoms. The smallest absolute Gasteiger partial charge is 0.243 e. The van der Waals surface area contributed by atoms with Crippen LogP contribution in [0.2, 0.25) is 0 Å². The summed E-state index contributed by atoms with van der Waals surface area (Å²) in [6.45, 7) is 1.58. The maximum atomic E-state index is 11.8. The second kappa shape index (κ2) is 5.42. The fourth-order valence-corrected chi connectivity index (χ4v) is 3.11. The van der Waals surface area contributed by atoms with Crippen molar-refractivity contribution in [2.24, 2.45) is 5.73 Å². The Kier molecular flexibility index (Phi) is 5.03. The van der Waals surface area contributed by atoms with Crippen molar-refractivity contribution >= 4 is 28.2 Å². The normalized spacial score (nSPS) is 14.5. The lowest BCUT2D eigenvalue weighted by molar-refractivity contribution is -0.120. The molecule has 2 N–H and O–H groups in total. The molecule has 96 valence electrons. The van der Waals surface area contributed by atoms with Crippen molar-refractivity contribution in [3.8, 4) is 0 Å². The van der Waals surface area contributed by atoms with Gasteiger partial charge in [-0.2, -0.15) is 0 Å². The van der Waals surface area contributed by atoms with Crippen molar-refractivity contribution in [2.75, 3.05) is 6.26 Å². The third-order valence-corrected chi connectivity index (χ3v) is 4.55. The Morgan fingerprint density at radius 3 is 2.18 bits per heavy atom. The molecule has 8 heteroatoms. The van der Waals surface area contributed by atoms with Gasteiger partial charge in [-0.1, -0.05) is 6.92 Å². The van der Waals surface area contributed by atoms with E-state index in [-0.39, 0.29) is 24.4 Å². The Hall–Kier alpha value is -1.21. The van der Waals surface area contributed by atoms with Gasteiger partial charge in [0, 0.05) is 24.2 Å². The number of hydrogen-bond donors (Lipinski definition) is 1. The number of sulfone groups is 1. The van der Waals surface area contributed by atoms with Crippen LogP contribution in [0.4, 0.5) is 0 Å². The third-order valence-electron chi connectivity index (χ3n) is 2.56. The number of carbonyl (C=O) groups is 1. The van der Waals surface area contributed by atoms with Gasteiger partial charge < -0.3 is 5.73 Å². The highest BCUT2D eigenvalue weighted by Crippen LogP contribution is 2.32. The van der Waals surface area contributed by atoms with E-state index in [2.05, 4.69) is 9.97 Å². The first-order valence-electron chi connectivity index (χ1n) is 4.61. The first-order valence-corrected chi connectivity index (χ1v) is 6.50. The molecule has 0 saturated carbocycles. The first-order chi connectivity index (χ1) is 7.36. The van der Waals surface area contributed by atoms with Crippen LogP contribution < -0.4 is 5.73 Å². The van der Waals surface area contributed by atoms with Crippen LogP contribution in [-0.2, 0) is 19.4 Å². The van der Waals surface area contributed by atoms with Crippen molar-refractivity contribution in [1.29, 1.82) is 0 Å². The summed E-state index contributed by atoms with van der Waals surface area (Å²) in [4.78, 5) is 18.9. The van der Waals surface area contributed by atoms with Crippen LogP contribution in [0.1, 0.15) is 18.9 Å². The van der Waals surface area contributed by atoms with Crippen LogP contribution >= 0.6 is 12.4 Å². The van der Waals surface area contributed by atoms with E-state index in [4.69, 9.17) is 5.73 Å². The summed E-state index contributed by atoms with van der Waals surface area (Å²) in [5.74, 6) is -0.910. The molecule has 6 nitrogen and oxygen atoms in total. The summed E-state index contributed by atoms with van der Waals surface area (Å²) in [6, 6.07) is 0. The SMILES string of the molecule is CCC(C(N)=O)(c1cncnc1)S(C)(=O)=O.Cl. The minimum absolute atomic E-state index is 0. The average molecular weight is 280 g/mol. The van der Waals surface area contributed by atoms with E-state index in [1.54, 1.807) is 6.92 Å². The molecular weight excluding hydrogens is 266 g/mol. The first kappa shape index (κ1) is 15.8. The summed E-state index contributed by atoms with van der Waals surface area (Å²) >= 11 is 0. The van der Waals surface area contributed by atoms with Gasteiger partial charge in [-0.15, -0.1) is 12.4 Å². The van der Waals surface area contributed by atoms with Crippen molar-refractivity contribution in [1.82, 2.24) is 9.97 Å². The molecular formula is C9H14ClN3O3S. The Morgan fingerprint density at radius 1 is 1.41 bits per heavy atom. The van der Waals surface area contributed by atoms with E-state index >= 15 is 0 Å². The topological polar surface area (TPSA) is 103 Å². The van der Waals surface area contributed by atoms with Gasteiger partial charge in [0.1, 0.15) is 6.33 Å². The Labute approximate surface area is 106 Å². The molecule has 0 aliphatic carbocycles. The van der Waals surface area contributed by atoms with Gasteiger partial charge in [0.15, 0.2) is 14.6 Å². The molecule has 1 heterocycles. The maximum absolute atomic E-state index is 11.8. The highest BCUT2D eigenvalue weighted by Gasteiger charge is 2.47. The molecule has 0 saturated heterocycles. The minimum atomic E-state index is -3.68. The maximum Gasteiger partial charge on any atom is 0.243 e. The van der Waals surface area contributed by atoms with E-state index in [1.807, 2.05) is 0 Å². The highest BCUT2D eigenvalue weighted by molar-refractivity contribution is 7.92. The van der Waals surface area contributed by atoms with E-state index < -0.39 is 20.5 Å². The van der Waals surface area contributed by atoms with Crippen LogP contribution in [0.25, 0.3) is 0 Å². The summed E-state index contributed by atoms with van der Waals surface area (Å²) in [5, 5.41) is 0. The summed E-state index contributed by atoms with van der Waals surface area (Å²) in [6.07, 6.45) is 4.88. The predicted molar refractivity (Wildman–Crippen MR) is 65.3 cm³/mol. The van der Waals surface area contributed by atoms with Crippen molar-refractivity contribution in [3.63, 3.8) is 0 Å². The van der Waals surface area contributed by atoms with Gasteiger partial charge in [0.05, 0.1) is 0 Å². The largest absolute Gasteiger partial charge is 0.368 e. The molecule has 0 aliphatic rings. The molecule has 1 atom stereocenters. The molecule has 1 amide bonds. The molecule has 1 rings (SSSR count). The van der Waals surface area contributed by atoms with Gasteiger partial charge in [-0.05, 0) is 6.42 Å². The monoisotopic (exact) mass is 279 g/mol. The molecule has 0 spiro atoms. The second-order valence-corrected chi connectivity index (χ2v) is 5.69. The van der Waals surface area contributed by atoms with Crippen LogP contribution in [0.15, 0.2) is 18.7 Å². The van der Waals surface area contributed by atoms with Crippen molar-refractivity contribution in [2.45, 2.75) is 18.1 Å². The molecule has 1 aromatic rings. The minimum Gasteiger partial charge on any atom is -0.368 e. The highest BCUT2D eigenvalue weighted by atomic mass is 35.5. The molecule has 0 bridgehead atoms. The van der Waals surface area contributed by atoms with Gasteiger partial charge in [-0.3, -0.25) is 4.79 Å². The zero-order valence-electron chi connectivity index (χ0n) is 9.45. The van der Waals surface area contributed by atoms with Crippen molar-refractivity contribution in [3.05, 3.63) is 24.3 Å². The number of nitrogens with zero attached hydrogens (tertiary/aromatic N) is 2. The quantitative estimate of drug-likeness (QED) is 0.838. The number of carbonyl (C=O) groups excluding carboxylic acids is 1. The summed E-state index contributed by atoms with van der Waals surface area (Å²) < 4.78 is 21.8. The lowest BCUT2D eigenvalue weighted by Crippen LogP contribution is -2.47. The number of amides is 1. The number of hydrogen-bond acceptors (Lipinski definition) is 5. The van der Waals surface area contributed by atoms with Crippen LogP contribution in [0, 0.1) is 0 Å². The second-order valence-electron chi connectivity index (χ2n) is 3.44. The fourth-order valence-electron chi connectivity index (χ4n) is 1.69. The number of primary amides is 1. The fraction of sp³-hybridized carbons (Fsp3) is 0.444. The zero-order chi connectivity index (χ0) is 12.4. The average Bonchev–Trinajstić information content (AvgIpc) is 2.18. The van der Waals surface area contributed by atoms with Gasteiger partial charge in [0.2, 0.25) is 5.91 Å². The zero-order valence-corrected chi connectivity index (χ0v) is 11.1.